The number of carbonyl (C=O) groups is 1. The van der Waals surface area contributed by atoms with E-state index >= 15 is 0 Å². The number of carbonyl (C=O) groups excluding carboxylic acids is 1. The van der Waals surface area contributed by atoms with Gasteiger partial charge >= 0.3 is 5.97 Å². The molecule has 0 spiro atoms. The van der Waals surface area contributed by atoms with E-state index in [-0.39, 0.29) is 11.9 Å². The maximum Gasteiger partial charge on any atom is 0.313 e. The Morgan fingerprint density at radius 1 is 1.53 bits per heavy atom. The molecule has 0 aliphatic carbocycles. The standard InChI is InChI=1S/C13H18BrNO2/c1-3-4-5-10(13(16)17-2)11-8-9(14)6-7-12(11)15/h6-8,10H,3-5,15H2,1-2H3. The molecular weight excluding hydrogens is 282 g/mol. The van der Waals surface area contributed by atoms with Crippen LogP contribution < -0.4 is 5.73 Å². The molecule has 0 amide bonds. The fourth-order valence-electron chi connectivity index (χ4n) is 1.80. The predicted octanol–water partition coefficient (Wildman–Crippen LogP) is 3.48. The lowest BCUT2D eigenvalue weighted by atomic mass is 9.92. The molecule has 0 aliphatic heterocycles. The molecule has 1 aromatic rings. The molecule has 0 saturated carbocycles. The minimum absolute atomic E-state index is 0.219. The number of halogens is 1. The van der Waals surface area contributed by atoms with E-state index in [1.54, 1.807) is 6.07 Å². The van der Waals surface area contributed by atoms with E-state index in [1.807, 2.05) is 12.1 Å². The van der Waals surface area contributed by atoms with Crippen LogP contribution in [0.25, 0.3) is 0 Å². The lowest BCUT2D eigenvalue weighted by Gasteiger charge is -2.17. The highest BCUT2D eigenvalue weighted by molar-refractivity contribution is 9.10. The maximum atomic E-state index is 11.8. The molecule has 0 bridgehead atoms. The molecule has 0 aromatic heterocycles. The molecule has 4 heteroatoms. The summed E-state index contributed by atoms with van der Waals surface area (Å²) in [5, 5.41) is 0. The van der Waals surface area contributed by atoms with Crippen LogP contribution in [0, 0.1) is 0 Å². The van der Waals surface area contributed by atoms with Crippen molar-refractivity contribution in [2.24, 2.45) is 0 Å². The lowest BCUT2D eigenvalue weighted by Crippen LogP contribution is -2.16. The van der Waals surface area contributed by atoms with E-state index in [0.29, 0.717) is 5.69 Å². The molecule has 3 nitrogen and oxygen atoms in total. The SMILES string of the molecule is CCCCC(C(=O)OC)c1cc(Br)ccc1N. The van der Waals surface area contributed by atoms with Gasteiger partial charge in [0.2, 0.25) is 0 Å². The van der Waals surface area contributed by atoms with Crippen molar-refractivity contribution < 1.29 is 9.53 Å². The van der Waals surface area contributed by atoms with E-state index < -0.39 is 0 Å². The molecule has 2 N–H and O–H groups in total. The molecule has 1 atom stereocenters. The first-order valence-corrected chi connectivity index (χ1v) is 6.52. The van der Waals surface area contributed by atoms with Crippen molar-refractivity contribution in [1.29, 1.82) is 0 Å². The second-order valence-electron chi connectivity index (χ2n) is 3.99. The van der Waals surface area contributed by atoms with Crippen LogP contribution in [0.2, 0.25) is 0 Å². The number of esters is 1. The summed E-state index contributed by atoms with van der Waals surface area (Å²) in [5.74, 6) is -0.485. The maximum absolute atomic E-state index is 11.8. The van der Waals surface area contributed by atoms with Crippen LogP contribution in [-0.2, 0) is 9.53 Å². The third-order valence-corrected chi connectivity index (χ3v) is 3.25. The molecule has 0 heterocycles. The van der Waals surface area contributed by atoms with Crippen LogP contribution in [0.1, 0.15) is 37.7 Å². The topological polar surface area (TPSA) is 52.3 Å². The van der Waals surface area contributed by atoms with E-state index in [2.05, 4.69) is 22.9 Å². The molecular formula is C13H18BrNO2. The summed E-state index contributed by atoms with van der Waals surface area (Å²) in [7, 11) is 1.41. The zero-order valence-corrected chi connectivity index (χ0v) is 11.8. The van der Waals surface area contributed by atoms with Gasteiger partial charge in [-0.2, -0.15) is 0 Å². The van der Waals surface area contributed by atoms with Crippen LogP contribution >= 0.6 is 15.9 Å². The summed E-state index contributed by atoms with van der Waals surface area (Å²) in [6.07, 6.45) is 2.79. The van der Waals surface area contributed by atoms with Crippen molar-refractivity contribution in [3.63, 3.8) is 0 Å². The van der Waals surface area contributed by atoms with E-state index in [1.165, 1.54) is 7.11 Å². The normalized spacial score (nSPS) is 12.2. The van der Waals surface area contributed by atoms with Gasteiger partial charge in [0, 0.05) is 10.2 Å². The van der Waals surface area contributed by atoms with E-state index in [4.69, 9.17) is 10.5 Å². The van der Waals surface area contributed by atoms with E-state index in [0.717, 1.165) is 29.3 Å². The van der Waals surface area contributed by atoms with Gasteiger partial charge in [0.25, 0.3) is 0 Å². The fourth-order valence-corrected chi connectivity index (χ4v) is 2.18. The number of nitrogen functional groups attached to an aromatic ring is 1. The van der Waals surface area contributed by atoms with Crippen molar-refractivity contribution in [2.45, 2.75) is 32.1 Å². The Labute approximate surface area is 110 Å². The Hall–Kier alpha value is -1.03. The number of rotatable bonds is 5. The minimum atomic E-state index is -0.266. The molecule has 1 rings (SSSR count). The lowest BCUT2D eigenvalue weighted by molar-refractivity contribution is -0.142. The molecule has 0 fully saturated rings. The highest BCUT2D eigenvalue weighted by Gasteiger charge is 2.23. The van der Waals surface area contributed by atoms with Gasteiger partial charge in [-0.15, -0.1) is 0 Å². The Morgan fingerprint density at radius 3 is 2.82 bits per heavy atom. The first kappa shape index (κ1) is 14.0. The summed E-state index contributed by atoms with van der Waals surface area (Å²) >= 11 is 3.40. The molecule has 0 aliphatic rings. The van der Waals surface area contributed by atoms with Crippen molar-refractivity contribution in [1.82, 2.24) is 0 Å². The molecule has 0 radical (unpaired) electrons. The number of benzene rings is 1. The van der Waals surface area contributed by atoms with Gasteiger partial charge in [-0.25, -0.2) is 0 Å². The summed E-state index contributed by atoms with van der Waals surface area (Å²) in [6.45, 7) is 2.10. The van der Waals surface area contributed by atoms with Gasteiger partial charge in [-0.05, 0) is 30.2 Å². The zero-order chi connectivity index (χ0) is 12.8. The highest BCUT2D eigenvalue weighted by Crippen LogP contribution is 2.30. The van der Waals surface area contributed by atoms with Crippen LogP contribution in [0.4, 0.5) is 5.69 Å². The average Bonchev–Trinajstić information content (AvgIpc) is 2.33. The Balaban J connectivity index is 3.02. The number of ether oxygens (including phenoxy) is 1. The average molecular weight is 300 g/mol. The van der Waals surface area contributed by atoms with Crippen LogP contribution in [0.15, 0.2) is 22.7 Å². The molecule has 0 saturated heterocycles. The number of anilines is 1. The van der Waals surface area contributed by atoms with Gasteiger partial charge in [-0.1, -0.05) is 35.7 Å². The summed E-state index contributed by atoms with van der Waals surface area (Å²) in [4.78, 5) is 11.8. The second-order valence-corrected chi connectivity index (χ2v) is 4.91. The number of hydrogen-bond acceptors (Lipinski definition) is 3. The fraction of sp³-hybridized carbons (Fsp3) is 0.462. The van der Waals surface area contributed by atoms with Gasteiger partial charge in [0.05, 0.1) is 13.0 Å². The van der Waals surface area contributed by atoms with Gasteiger partial charge < -0.3 is 10.5 Å². The molecule has 94 valence electrons. The van der Waals surface area contributed by atoms with Crippen molar-refractivity contribution in [2.75, 3.05) is 12.8 Å². The number of methoxy groups -OCH3 is 1. The Morgan fingerprint density at radius 2 is 2.24 bits per heavy atom. The van der Waals surface area contributed by atoms with E-state index in [9.17, 15) is 4.79 Å². The largest absolute Gasteiger partial charge is 0.469 e. The number of hydrogen-bond donors (Lipinski definition) is 1. The highest BCUT2D eigenvalue weighted by atomic mass is 79.9. The summed E-state index contributed by atoms with van der Waals surface area (Å²) in [6, 6.07) is 5.57. The summed E-state index contributed by atoms with van der Waals surface area (Å²) in [5.41, 5.74) is 7.41. The molecule has 1 unspecified atom stereocenters. The molecule has 1 aromatic carbocycles. The van der Waals surface area contributed by atoms with Gasteiger partial charge in [-0.3, -0.25) is 4.79 Å². The van der Waals surface area contributed by atoms with Gasteiger partial charge in [0.15, 0.2) is 0 Å². The predicted molar refractivity (Wildman–Crippen MR) is 72.8 cm³/mol. The number of nitrogens with two attached hydrogens (primary N) is 1. The van der Waals surface area contributed by atoms with Gasteiger partial charge in [0.1, 0.15) is 0 Å². The third-order valence-electron chi connectivity index (χ3n) is 2.76. The monoisotopic (exact) mass is 299 g/mol. The quantitative estimate of drug-likeness (QED) is 0.669. The van der Waals surface area contributed by atoms with Crippen molar-refractivity contribution >= 4 is 27.6 Å². The smallest absolute Gasteiger partial charge is 0.313 e. The number of unbranched alkanes of at least 4 members (excludes halogenated alkanes) is 1. The van der Waals surface area contributed by atoms with Crippen molar-refractivity contribution in [3.05, 3.63) is 28.2 Å². The molecule has 17 heavy (non-hydrogen) atoms. The first-order chi connectivity index (χ1) is 8.10. The third kappa shape index (κ3) is 3.73. The Kier molecular flexibility index (Phi) is 5.48. The van der Waals surface area contributed by atoms with Crippen LogP contribution in [0.3, 0.4) is 0 Å². The first-order valence-electron chi connectivity index (χ1n) is 5.72. The minimum Gasteiger partial charge on any atom is -0.469 e. The zero-order valence-electron chi connectivity index (χ0n) is 10.2. The van der Waals surface area contributed by atoms with Crippen molar-refractivity contribution in [3.8, 4) is 0 Å². The second kappa shape index (κ2) is 6.64. The summed E-state index contributed by atoms with van der Waals surface area (Å²) < 4.78 is 5.77. The van der Waals surface area contributed by atoms with Crippen LogP contribution in [0.5, 0.6) is 0 Å². The Bertz CT molecular complexity index is 393. The van der Waals surface area contributed by atoms with Crippen LogP contribution in [-0.4, -0.2) is 13.1 Å².